The lowest BCUT2D eigenvalue weighted by molar-refractivity contribution is -0.121. The fourth-order valence-corrected chi connectivity index (χ4v) is 2.40. The molecule has 0 fully saturated rings. The second kappa shape index (κ2) is 8.32. The topological polar surface area (TPSA) is 38.3 Å². The van der Waals surface area contributed by atoms with Crippen LogP contribution in [0.4, 0.5) is 4.39 Å². The Morgan fingerprint density at radius 3 is 2.39 bits per heavy atom. The number of benzene rings is 2. The lowest BCUT2D eigenvalue weighted by Gasteiger charge is -2.12. The minimum Gasteiger partial charge on any atom is -0.497 e. The molecule has 2 rings (SSSR count). The van der Waals surface area contributed by atoms with E-state index in [1.54, 1.807) is 19.2 Å². The highest BCUT2D eigenvalue weighted by molar-refractivity contribution is 5.76. The normalized spacial score (nSPS) is 11.8. The molecule has 2 aromatic carbocycles. The third-order valence-electron chi connectivity index (χ3n) is 3.83. The predicted octanol–water partition coefficient (Wildman–Crippen LogP) is 3.69. The Kier molecular flexibility index (Phi) is 6.15. The Balaban J connectivity index is 1.76. The molecule has 1 unspecified atom stereocenters. The van der Waals surface area contributed by atoms with Crippen molar-refractivity contribution in [3.63, 3.8) is 0 Å². The Hall–Kier alpha value is -2.36. The van der Waals surface area contributed by atoms with E-state index in [2.05, 4.69) is 5.32 Å². The number of ether oxygens (including phenoxy) is 1. The molecule has 1 amide bonds. The summed E-state index contributed by atoms with van der Waals surface area (Å²) in [6.45, 7) is 2.58. The van der Waals surface area contributed by atoms with Crippen LogP contribution in [0, 0.1) is 5.82 Å². The van der Waals surface area contributed by atoms with Gasteiger partial charge < -0.3 is 10.1 Å². The van der Waals surface area contributed by atoms with E-state index >= 15 is 0 Å². The molecule has 0 aliphatic heterocycles. The molecule has 1 atom stereocenters. The van der Waals surface area contributed by atoms with Gasteiger partial charge in [0.15, 0.2) is 0 Å². The summed E-state index contributed by atoms with van der Waals surface area (Å²) in [5.74, 6) is 0.734. The molecule has 1 N–H and O–H groups in total. The van der Waals surface area contributed by atoms with Crippen LogP contribution < -0.4 is 10.1 Å². The van der Waals surface area contributed by atoms with Gasteiger partial charge in [-0.05, 0) is 47.7 Å². The minimum absolute atomic E-state index is 0.0235. The summed E-state index contributed by atoms with van der Waals surface area (Å²) in [5.41, 5.74) is 2.12. The standard InChI is InChI=1S/C19H22FNO2/c1-14(16-5-9-18(23-2)10-6-16)13-19(22)21-12-11-15-3-7-17(20)8-4-15/h3-10,14H,11-13H2,1-2H3,(H,21,22). The van der Waals surface area contributed by atoms with E-state index < -0.39 is 0 Å². The lowest BCUT2D eigenvalue weighted by atomic mass is 9.97. The van der Waals surface area contributed by atoms with Crippen molar-refractivity contribution in [3.05, 3.63) is 65.5 Å². The first-order valence-electron chi connectivity index (χ1n) is 7.73. The van der Waals surface area contributed by atoms with Crippen LogP contribution in [0.25, 0.3) is 0 Å². The highest BCUT2D eigenvalue weighted by Crippen LogP contribution is 2.21. The summed E-state index contributed by atoms with van der Waals surface area (Å²) in [5, 5.41) is 2.91. The smallest absolute Gasteiger partial charge is 0.220 e. The molecule has 0 radical (unpaired) electrons. The van der Waals surface area contributed by atoms with E-state index in [0.29, 0.717) is 19.4 Å². The molecule has 0 aliphatic rings. The van der Waals surface area contributed by atoms with E-state index in [1.807, 2.05) is 31.2 Å². The maximum atomic E-state index is 12.8. The highest BCUT2D eigenvalue weighted by Gasteiger charge is 2.11. The highest BCUT2D eigenvalue weighted by atomic mass is 19.1. The van der Waals surface area contributed by atoms with E-state index in [-0.39, 0.29) is 17.6 Å². The summed E-state index contributed by atoms with van der Waals surface area (Å²) in [6.07, 6.45) is 1.14. The number of amides is 1. The minimum atomic E-state index is -0.244. The Morgan fingerprint density at radius 1 is 1.13 bits per heavy atom. The van der Waals surface area contributed by atoms with Crippen LogP contribution in [0.1, 0.15) is 30.4 Å². The Bertz CT molecular complexity index is 623. The van der Waals surface area contributed by atoms with Crippen molar-refractivity contribution in [2.45, 2.75) is 25.7 Å². The Morgan fingerprint density at radius 2 is 1.78 bits per heavy atom. The van der Waals surface area contributed by atoms with Crippen LogP contribution in [-0.4, -0.2) is 19.6 Å². The first kappa shape index (κ1) is 17.0. The first-order valence-corrected chi connectivity index (χ1v) is 7.73. The molecular weight excluding hydrogens is 293 g/mol. The van der Waals surface area contributed by atoms with Crippen molar-refractivity contribution in [1.29, 1.82) is 0 Å². The van der Waals surface area contributed by atoms with Gasteiger partial charge >= 0.3 is 0 Å². The maximum absolute atomic E-state index is 12.8. The fourth-order valence-electron chi connectivity index (χ4n) is 2.40. The summed E-state index contributed by atoms with van der Waals surface area (Å²) < 4.78 is 17.9. The molecular formula is C19H22FNO2. The van der Waals surface area contributed by atoms with Crippen LogP contribution in [0.2, 0.25) is 0 Å². The van der Waals surface area contributed by atoms with Crippen LogP contribution in [0.15, 0.2) is 48.5 Å². The van der Waals surface area contributed by atoms with Crippen molar-refractivity contribution >= 4 is 5.91 Å². The number of methoxy groups -OCH3 is 1. The van der Waals surface area contributed by atoms with Crippen molar-refractivity contribution < 1.29 is 13.9 Å². The van der Waals surface area contributed by atoms with Crippen LogP contribution in [-0.2, 0) is 11.2 Å². The van der Waals surface area contributed by atoms with Crippen molar-refractivity contribution in [2.24, 2.45) is 0 Å². The zero-order chi connectivity index (χ0) is 16.7. The number of hydrogen-bond acceptors (Lipinski definition) is 2. The van der Waals surface area contributed by atoms with Crippen molar-refractivity contribution in [3.8, 4) is 5.75 Å². The summed E-state index contributed by atoms with van der Waals surface area (Å²) in [4.78, 5) is 12.0. The largest absolute Gasteiger partial charge is 0.497 e. The average Bonchev–Trinajstić information content (AvgIpc) is 2.56. The zero-order valence-electron chi connectivity index (χ0n) is 13.5. The molecule has 0 bridgehead atoms. The monoisotopic (exact) mass is 315 g/mol. The molecule has 0 aliphatic carbocycles. The van der Waals surface area contributed by atoms with Gasteiger partial charge in [0.05, 0.1) is 7.11 Å². The zero-order valence-corrected chi connectivity index (χ0v) is 13.5. The third-order valence-corrected chi connectivity index (χ3v) is 3.83. The molecule has 3 nitrogen and oxygen atoms in total. The average molecular weight is 315 g/mol. The van der Waals surface area contributed by atoms with Gasteiger partial charge in [0, 0.05) is 13.0 Å². The molecule has 0 aromatic heterocycles. The Labute approximate surface area is 136 Å². The molecule has 0 saturated heterocycles. The number of carbonyl (C=O) groups excluding carboxylic acids is 1. The second-order valence-corrected chi connectivity index (χ2v) is 5.60. The van der Waals surface area contributed by atoms with Gasteiger partial charge in [0.2, 0.25) is 5.91 Å². The quantitative estimate of drug-likeness (QED) is 0.846. The van der Waals surface area contributed by atoms with Crippen LogP contribution in [0.5, 0.6) is 5.75 Å². The van der Waals surface area contributed by atoms with Gasteiger partial charge in [0.1, 0.15) is 11.6 Å². The van der Waals surface area contributed by atoms with Crippen LogP contribution in [0.3, 0.4) is 0 Å². The second-order valence-electron chi connectivity index (χ2n) is 5.60. The third kappa shape index (κ3) is 5.40. The predicted molar refractivity (Wildman–Crippen MR) is 89.1 cm³/mol. The van der Waals surface area contributed by atoms with Crippen LogP contribution >= 0.6 is 0 Å². The molecule has 122 valence electrons. The SMILES string of the molecule is COc1ccc(C(C)CC(=O)NCCc2ccc(F)cc2)cc1. The first-order chi connectivity index (χ1) is 11.1. The molecule has 2 aromatic rings. The van der Waals surface area contributed by atoms with Gasteiger partial charge in [-0.1, -0.05) is 31.2 Å². The number of carbonyl (C=O) groups is 1. The van der Waals surface area contributed by atoms with E-state index in [1.165, 1.54) is 12.1 Å². The lowest BCUT2D eigenvalue weighted by Crippen LogP contribution is -2.26. The van der Waals surface area contributed by atoms with Crippen molar-refractivity contribution in [1.82, 2.24) is 5.32 Å². The van der Waals surface area contributed by atoms with Gasteiger partial charge in [-0.2, -0.15) is 0 Å². The van der Waals surface area contributed by atoms with Gasteiger partial charge in [0.25, 0.3) is 0 Å². The van der Waals surface area contributed by atoms with Gasteiger partial charge in [-0.3, -0.25) is 4.79 Å². The number of halogens is 1. The number of rotatable bonds is 7. The number of nitrogens with one attached hydrogen (secondary N) is 1. The van der Waals surface area contributed by atoms with E-state index in [9.17, 15) is 9.18 Å². The molecule has 0 saturated carbocycles. The van der Waals surface area contributed by atoms with Gasteiger partial charge in [-0.25, -0.2) is 4.39 Å². The fraction of sp³-hybridized carbons (Fsp3) is 0.316. The maximum Gasteiger partial charge on any atom is 0.220 e. The van der Waals surface area contributed by atoms with Crippen molar-refractivity contribution in [2.75, 3.05) is 13.7 Å². The summed E-state index contributed by atoms with van der Waals surface area (Å²) >= 11 is 0. The van der Waals surface area contributed by atoms with E-state index in [4.69, 9.17) is 4.74 Å². The van der Waals surface area contributed by atoms with E-state index in [0.717, 1.165) is 16.9 Å². The molecule has 0 spiro atoms. The molecule has 23 heavy (non-hydrogen) atoms. The number of hydrogen-bond donors (Lipinski definition) is 1. The van der Waals surface area contributed by atoms with Gasteiger partial charge in [-0.15, -0.1) is 0 Å². The summed E-state index contributed by atoms with van der Waals surface area (Å²) in [6, 6.07) is 14.1. The summed E-state index contributed by atoms with van der Waals surface area (Å²) in [7, 11) is 1.63. The molecule has 0 heterocycles. The molecule has 4 heteroatoms.